The summed E-state index contributed by atoms with van der Waals surface area (Å²) in [5.74, 6) is 0. The molecule has 14 heavy (non-hydrogen) atoms. The van der Waals surface area contributed by atoms with Crippen LogP contribution in [0.5, 0.6) is 0 Å². The standard InChI is InChI=1S/C10H17N3O/c1-7(11)10-5-12-6-13(10)8-3-9(4-8)14-2/h5-9H,3-4,11H2,1-2H3/t7-,8?,9?/m1/s1. The van der Waals surface area contributed by atoms with Crippen molar-refractivity contribution >= 4 is 0 Å². The highest BCUT2D eigenvalue weighted by atomic mass is 16.5. The Bertz CT molecular complexity index is 302. The number of rotatable bonds is 3. The van der Waals surface area contributed by atoms with Crippen LogP contribution in [0.25, 0.3) is 0 Å². The molecule has 0 spiro atoms. The van der Waals surface area contributed by atoms with Crippen LogP contribution in [0, 0.1) is 0 Å². The molecule has 4 nitrogen and oxygen atoms in total. The fourth-order valence-electron chi connectivity index (χ4n) is 1.93. The van der Waals surface area contributed by atoms with Gasteiger partial charge < -0.3 is 15.0 Å². The van der Waals surface area contributed by atoms with Crippen molar-refractivity contribution in [3.05, 3.63) is 18.2 Å². The molecule has 78 valence electrons. The van der Waals surface area contributed by atoms with E-state index < -0.39 is 0 Å². The predicted octanol–water partition coefficient (Wildman–Crippen LogP) is 1.25. The molecule has 0 aliphatic heterocycles. The van der Waals surface area contributed by atoms with Crippen LogP contribution < -0.4 is 5.73 Å². The maximum Gasteiger partial charge on any atom is 0.0951 e. The Labute approximate surface area is 84.1 Å². The highest BCUT2D eigenvalue weighted by Crippen LogP contribution is 2.35. The first kappa shape index (κ1) is 9.68. The molecule has 2 N–H and O–H groups in total. The molecule has 1 saturated carbocycles. The zero-order chi connectivity index (χ0) is 10.1. The minimum Gasteiger partial charge on any atom is -0.381 e. The molecule has 1 aromatic heterocycles. The lowest BCUT2D eigenvalue weighted by Gasteiger charge is -2.36. The molecule has 0 aromatic carbocycles. The third-order valence-electron chi connectivity index (χ3n) is 2.96. The maximum atomic E-state index is 5.85. The highest BCUT2D eigenvalue weighted by Gasteiger charge is 2.31. The lowest BCUT2D eigenvalue weighted by atomic mass is 9.88. The number of hydrogen-bond donors (Lipinski definition) is 1. The number of nitrogens with zero attached hydrogens (tertiary/aromatic N) is 2. The largest absolute Gasteiger partial charge is 0.381 e. The van der Waals surface area contributed by atoms with Crippen molar-refractivity contribution in [1.82, 2.24) is 9.55 Å². The van der Waals surface area contributed by atoms with Crippen LogP contribution in [-0.4, -0.2) is 22.8 Å². The maximum absolute atomic E-state index is 5.85. The summed E-state index contributed by atoms with van der Waals surface area (Å²) in [7, 11) is 1.77. The van der Waals surface area contributed by atoms with Gasteiger partial charge in [-0.05, 0) is 19.8 Å². The monoisotopic (exact) mass is 195 g/mol. The average Bonchev–Trinajstić information content (AvgIpc) is 2.50. The van der Waals surface area contributed by atoms with Crippen molar-refractivity contribution < 1.29 is 4.74 Å². The Morgan fingerprint density at radius 1 is 1.64 bits per heavy atom. The van der Waals surface area contributed by atoms with E-state index in [1.807, 2.05) is 19.4 Å². The molecule has 0 bridgehead atoms. The number of nitrogens with two attached hydrogens (primary N) is 1. The van der Waals surface area contributed by atoms with E-state index in [0.29, 0.717) is 12.1 Å². The van der Waals surface area contributed by atoms with Crippen LogP contribution >= 0.6 is 0 Å². The van der Waals surface area contributed by atoms with Gasteiger partial charge in [0.05, 0.1) is 18.1 Å². The molecule has 1 aliphatic carbocycles. The van der Waals surface area contributed by atoms with Crippen LogP contribution in [0.1, 0.15) is 37.5 Å². The van der Waals surface area contributed by atoms with Gasteiger partial charge in [-0.3, -0.25) is 0 Å². The molecular weight excluding hydrogens is 178 g/mol. The van der Waals surface area contributed by atoms with Gasteiger partial charge in [-0.25, -0.2) is 4.98 Å². The van der Waals surface area contributed by atoms with Gasteiger partial charge in [0.25, 0.3) is 0 Å². The summed E-state index contributed by atoms with van der Waals surface area (Å²) in [5, 5.41) is 0. The van der Waals surface area contributed by atoms with Crippen LogP contribution in [-0.2, 0) is 4.74 Å². The van der Waals surface area contributed by atoms with Crippen LogP contribution in [0.15, 0.2) is 12.5 Å². The molecule has 1 heterocycles. The first-order valence-corrected chi connectivity index (χ1v) is 5.02. The van der Waals surface area contributed by atoms with Gasteiger partial charge >= 0.3 is 0 Å². The zero-order valence-corrected chi connectivity index (χ0v) is 8.68. The molecule has 0 unspecified atom stereocenters. The van der Waals surface area contributed by atoms with E-state index in [4.69, 9.17) is 10.5 Å². The Morgan fingerprint density at radius 3 is 2.93 bits per heavy atom. The van der Waals surface area contributed by atoms with Crippen molar-refractivity contribution in [2.24, 2.45) is 5.73 Å². The van der Waals surface area contributed by atoms with Gasteiger partial charge in [0.2, 0.25) is 0 Å². The van der Waals surface area contributed by atoms with E-state index in [1.165, 1.54) is 0 Å². The number of aromatic nitrogens is 2. The van der Waals surface area contributed by atoms with Gasteiger partial charge in [0.1, 0.15) is 0 Å². The van der Waals surface area contributed by atoms with Crippen molar-refractivity contribution in [1.29, 1.82) is 0 Å². The summed E-state index contributed by atoms with van der Waals surface area (Å²) < 4.78 is 7.43. The van der Waals surface area contributed by atoms with Crippen molar-refractivity contribution in [2.45, 2.75) is 38.0 Å². The predicted molar refractivity (Wildman–Crippen MR) is 53.9 cm³/mol. The average molecular weight is 195 g/mol. The minimum absolute atomic E-state index is 0.0547. The second-order valence-corrected chi connectivity index (χ2v) is 4.00. The van der Waals surface area contributed by atoms with E-state index in [-0.39, 0.29) is 6.04 Å². The van der Waals surface area contributed by atoms with Crippen LogP contribution in [0.3, 0.4) is 0 Å². The summed E-state index contributed by atoms with van der Waals surface area (Å²) in [6.07, 6.45) is 6.29. The van der Waals surface area contributed by atoms with Crippen molar-refractivity contribution in [3.8, 4) is 0 Å². The molecule has 2 rings (SSSR count). The Hall–Kier alpha value is -0.870. The number of hydrogen-bond acceptors (Lipinski definition) is 3. The van der Waals surface area contributed by atoms with E-state index in [2.05, 4.69) is 9.55 Å². The number of imidazole rings is 1. The summed E-state index contributed by atoms with van der Waals surface area (Å²) in [4.78, 5) is 4.14. The normalized spacial score (nSPS) is 28.5. The van der Waals surface area contributed by atoms with E-state index >= 15 is 0 Å². The van der Waals surface area contributed by atoms with Crippen molar-refractivity contribution in [3.63, 3.8) is 0 Å². The van der Waals surface area contributed by atoms with Crippen molar-refractivity contribution in [2.75, 3.05) is 7.11 Å². The lowest BCUT2D eigenvalue weighted by Crippen LogP contribution is -2.33. The van der Waals surface area contributed by atoms with Gasteiger partial charge in [0, 0.05) is 25.4 Å². The first-order valence-electron chi connectivity index (χ1n) is 5.02. The topological polar surface area (TPSA) is 53.1 Å². The zero-order valence-electron chi connectivity index (χ0n) is 8.68. The molecule has 1 aliphatic rings. The summed E-state index contributed by atoms with van der Waals surface area (Å²) in [6.45, 7) is 1.99. The molecule has 1 fully saturated rings. The van der Waals surface area contributed by atoms with E-state index in [1.54, 1.807) is 7.11 Å². The molecule has 1 aromatic rings. The Kier molecular flexibility index (Phi) is 2.56. The number of methoxy groups -OCH3 is 1. The molecule has 1 atom stereocenters. The van der Waals surface area contributed by atoms with Crippen LogP contribution in [0.4, 0.5) is 0 Å². The van der Waals surface area contributed by atoms with E-state index in [0.717, 1.165) is 18.5 Å². The second kappa shape index (κ2) is 3.71. The number of ether oxygens (including phenoxy) is 1. The molecule has 0 radical (unpaired) electrons. The molecular formula is C10H17N3O. The van der Waals surface area contributed by atoms with Gasteiger partial charge in [0.15, 0.2) is 0 Å². The summed E-state index contributed by atoms with van der Waals surface area (Å²) in [5.41, 5.74) is 6.97. The van der Waals surface area contributed by atoms with E-state index in [9.17, 15) is 0 Å². The first-order chi connectivity index (χ1) is 6.72. The SMILES string of the molecule is COC1CC(n2cncc2[C@@H](C)N)C1. The summed E-state index contributed by atoms with van der Waals surface area (Å²) >= 11 is 0. The fourth-order valence-corrected chi connectivity index (χ4v) is 1.93. The second-order valence-electron chi connectivity index (χ2n) is 4.00. The van der Waals surface area contributed by atoms with Gasteiger partial charge in [-0.2, -0.15) is 0 Å². The molecule has 4 heteroatoms. The van der Waals surface area contributed by atoms with Crippen LogP contribution in [0.2, 0.25) is 0 Å². The van der Waals surface area contributed by atoms with Gasteiger partial charge in [-0.15, -0.1) is 0 Å². The Balaban J connectivity index is 2.07. The minimum atomic E-state index is 0.0547. The quantitative estimate of drug-likeness (QED) is 0.789. The smallest absolute Gasteiger partial charge is 0.0951 e. The summed E-state index contributed by atoms with van der Waals surface area (Å²) in [6, 6.07) is 0.586. The highest BCUT2D eigenvalue weighted by molar-refractivity contribution is 5.06. The van der Waals surface area contributed by atoms with Gasteiger partial charge in [-0.1, -0.05) is 0 Å². The Morgan fingerprint density at radius 2 is 2.36 bits per heavy atom. The molecule has 0 amide bonds. The fraction of sp³-hybridized carbons (Fsp3) is 0.700. The third kappa shape index (κ3) is 1.55. The lowest BCUT2D eigenvalue weighted by molar-refractivity contribution is 0.00522. The third-order valence-corrected chi connectivity index (χ3v) is 2.96. The molecule has 0 saturated heterocycles.